The molecule has 2 nitrogen and oxygen atoms in total. The average Bonchev–Trinajstić information content (AvgIpc) is 3.17. The Hall–Kier alpha value is 0.210. The molecule has 0 amide bonds. The van der Waals surface area contributed by atoms with E-state index in [9.17, 15) is 0 Å². The van der Waals surface area contributed by atoms with Crippen LogP contribution in [0.1, 0.15) is 84.5 Å². The topological polar surface area (TPSA) is 12.5 Å². The molecular weight excluding hydrogens is 282 g/mol. The van der Waals surface area contributed by atoms with Gasteiger partial charge in [-0.15, -0.1) is 0 Å². The number of unbranched alkanes of at least 4 members (excludes halogenated alkanes) is 8. The van der Waals surface area contributed by atoms with Gasteiger partial charge in [0.15, 0.2) is 0 Å². The van der Waals surface area contributed by atoms with Crippen LogP contribution in [-0.2, 0) is 4.74 Å². The van der Waals surface area contributed by atoms with Crippen molar-refractivity contribution in [2.75, 3.05) is 20.6 Å². The number of hydrogen-bond acceptors (Lipinski definition) is 1. The highest BCUT2D eigenvalue weighted by molar-refractivity contribution is 4.77. The second-order valence-electron chi connectivity index (χ2n) is 7.18. The van der Waals surface area contributed by atoms with E-state index in [1.165, 1.54) is 77.2 Å². The molecule has 1 rings (SSSR count). The first-order valence-electron chi connectivity index (χ1n) is 9.10. The molecule has 3 heteroatoms. The largest absolute Gasteiger partial charge is 1.00 e. The number of nitrogens with zero attached hydrogens (tertiary/aromatic N) is 1. The Morgan fingerprint density at radius 2 is 1.29 bits per heavy atom. The molecular formula is C18H38ClNO. The highest BCUT2D eigenvalue weighted by atomic mass is 35.5. The molecule has 0 radical (unpaired) electrons. The summed E-state index contributed by atoms with van der Waals surface area (Å²) >= 11 is 0. The van der Waals surface area contributed by atoms with Gasteiger partial charge in [-0.2, -0.15) is 0 Å². The predicted molar refractivity (Wildman–Crippen MR) is 87.8 cm³/mol. The van der Waals surface area contributed by atoms with E-state index in [1.807, 2.05) is 0 Å². The van der Waals surface area contributed by atoms with Gasteiger partial charge in [0, 0.05) is 0 Å². The zero-order valence-corrected chi connectivity index (χ0v) is 15.6. The third-order valence-corrected chi connectivity index (χ3v) is 4.64. The summed E-state index contributed by atoms with van der Waals surface area (Å²) in [6.45, 7) is 5.78. The minimum atomic E-state index is 0. The Morgan fingerprint density at radius 3 is 1.81 bits per heavy atom. The summed E-state index contributed by atoms with van der Waals surface area (Å²) in [4.78, 5) is 0. The van der Waals surface area contributed by atoms with E-state index in [0.29, 0.717) is 12.3 Å². The zero-order chi connectivity index (χ0) is 14.8. The second-order valence-corrected chi connectivity index (χ2v) is 7.18. The fourth-order valence-corrected chi connectivity index (χ4v) is 3.32. The van der Waals surface area contributed by atoms with Crippen LogP contribution in [0.25, 0.3) is 0 Å². The maximum Gasteiger partial charge on any atom is 0.220 e. The summed E-state index contributed by atoms with van der Waals surface area (Å²) in [6.07, 6.45) is 16.3. The minimum Gasteiger partial charge on any atom is -1.00 e. The summed E-state index contributed by atoms with van der Waals surface area (Å²) in [6, 6.07) is 0. The Morgan fingerprint density at radius 1 is 0.762 bits per heavy atom. The summed E-state index contributed by atoms with van der Waals surface area (Å²) in [5, 5.41) is 0. The third kappa shape index (κ3) is 9.05. The fraction of sp³-hybridized carbons (Fsp3) is 1.00. The lowest BCUT2D eigenvalue weighted by Gasteiger charge is -2.27. The van der Waals surface area contributed by atoms with E-state index in [-0.39, 0.29) is 12.4 Å². The van der Waals surface area contributed by atoms with Gasteiger partial charge in [-0.3, -0.25) is 0 Å². The van der Waals surface area contributed by atoms with Gasteiger partial charge in [0.25, 0.3) is 0 Å². The molecule has 1 aliphatic rings. The Balaban J connectivity index is 0.00000400. The number of likely N-dealkylation sites (N-methyl/N-ethyl adjacent to an activating group) is 1. The number of quaternary nitrogens is 1. The Bertz CT molecular complexity index is 245. The highest BCUT2D eigenvalue weighted by Gasteiger charge is 2.50. The van der Waals surface area contributed by atoms with Gasteiger partial charge >= 0.3 is 0 Å². The summed E-state index contributed by atoms with van der Waals surface area (Å²) in [5.41, 5.74) is 0. The molecule has 21 heavy (non-hydrogen) atoms. The van der Waals surface area contributed by atoms with Crippen molar-refractivity contribution in [1.29, 1.82) is 0 Å². The van der Waals surface area contributed by atoms with Crippen molar-refractivity contribution < 1.29 is 21.6 Å². The van der Waals surface area contributed by atoms with Crippen molar-refractivity contribution in [2.24, 2.45) is 0 Å². The molecule has 0 bridgehead atoms. The molecule has 2 atom stereocenters. The quantitative estimate of drug-likeness (QED) is 0.288. The lowest BCUT2D eigenvalue weighted by molar-refractivity contribution is -0.911. The van der Waals surface area contributed by atoms with Crippen molar-refractivity contribution in [2.45, 2.75) is 96.8 Å². The van der Waals surface area contributed by atoms with Gasteiger partial charge in [-0.25, -0.2) is 0 Å². The molecule has 1 saturated heterocycles. The first-order chi connectivity index (χ1) is 9.61. The Labute approximate surface area is 139 Å². The van der Waals surface area contributed by atoms with Crippen molar-refractivity contribution in [1.82, 2.24) is 0 Å². The number of epoxide rings is 1. The summed E-state index contributed by atoms with van der Waals surface area (Å²) in [7, 11) is 4.62. The molecule has 128 valence electrons. The van der Waals surface area contributed by atoms with Crippen LogP contribution in [-0.4, -0.2) is 37.5 Å². The van der Waals surface area contributed by atoms with E-state index in [0.717, 1.165) is 4.48 Å². The summed E-state index contributed by atoms with van der Waals surface area (Å²) in [5.74, 6) is 0. The molecule has 0 spiro atoms. The molecule has 0 aromatic heterocycles. The van der Waals surface area contributed by atoms with Crippen molar-refractivity contribution in [3.05, 3.63) is 0 Å². The molecule has 1 fully saturated rings. The summed E-state index contributed by atoms with van der Waals surface area (Å²) < 4.78 is 6.93. The highest BCUT2D eigenvalue weighted by Crippen LogP contribution is 2.33. The SMILES string of the molecule is CCCCCCCCCCCC1OC1[N+](C)(C)CCC.[Cl-]. The zero-order valence-electron chi connectivity index (χ0n) is 14.9. The van der Waals surface area contributed by atoms with Gasteiger partial charge in [0.1, 0.15) is 6.10 Å². The van der Waals surface area contributed by atoms with E-state index < -0.39 is 0 Å². The molecule has 2 unspecified atom stereocenters. The monoisotopic (exact) mass is 319 g/mol. The van der Waals surface area contributed by atoms with Crippen LogP contribution in [0.15, 0.2) is 0 Å². The van der Waals surface area contributed by atoms with Crippen LogP contribution < -0.4 is 12.4 Å². The molecule has 0 N–H and O–H groups in total. The van der Waals surface area contributed by atoms with Gasteiger partial charge in [-0.1, -0.05) is 71.6 Å². The first-order valence-corrected chi connectivity index (χ1v) is 9.10. The molecule has 0 aromatic carbocycles. The Kier molecular flexibility index (Phi) is 11.9. The van der Waals surface area contributed by atoms with Crippen molar-refractivity contribution in [3.63, 3.8) is 0 Å². The number of rotatable bonds is 13. The van der Waals surface area contributed by atoms with E-state index in [2.05, 4.69) is 27.9 Å². The smallest absolute Gasteiger partial charge is 0.220 e. The van der Waals surface area contributed by atoms with Crippen LogP contribution in [0.2, 0.25) is 0 Å². The first kappa shape index (κ1) is 21.2. The lowest BCUT2D eigenvalue weighted by atomic mass is 10.1. The second kappa shape index (κ2) is 11.7. The van der Waals surface area contributed by atoms with Crippen molar-refractivity contribution in [3.8, 4) is 0 Å². The normalized spacial score (nSPS) is 21.1. The predicted octanol–water partition coefficient (Wildman–Crippen LogP) is 2.12. The standard InChI is InChI=1S/C18H38NO.ClH/c1-5-7-8-9-10-11-12-13-14-15-17-18(20-17)19(3,4)16-6-2;/h17-18H,5-16H2,1-4H3;1H/q+1;/p-1. The van der Waals surface area contributed by atoms with Gasteiger partial charge in [0.05, 0.1) is 20.6 Å². The van der Waals surface area contributed by atoms with E-state index in [4.69, 9.17) is 4.74 Å². The fourth-order valence-electron chi connectivity index (χ4n) is 3.32. The van der Waals surface area contributed by atoms with Crippen LogP contribution in [0.5, 0.6) is 0 Å². The molecule has 0 saturated carbocycles. The number of ether oxygens (including phenoxy) is 1. The molecule has 1 heterocycles. The lowest BCUT2D eigenvalue weighted by Crippen LogP contribution is -3.00. The molecule has 0 aromatic rings. The van der Waals surface area contributed by atoms with E-state index in [1.54, 1.807) is 0 Å². The van der Waals surface area contributed by atoms with Crippen LogP contribution >= 0.6 is 0 Å². The van der Waals surface area contributed by atoms with Gasteiger partial charge in [0.2, 0.25) is 6.23 Å². The molecule has 0 aliphatic carbocycles. The maximum atomic E-state index is 5.88. The third-order valence-electron chi connectivity index (χ3n) is 4.64. The maximum absolute atomic E-state index is 5.88. The van der Waals surface area contributed by atoms with Crippen LogP contribution in [0.4, 0.5) is 0 Å². The van der Waals surface area contributed by atoms with Crippen molar-refractivity contribution >= 4 is 0 Å². The number of hydrogen-bond donors (Lipinski definition) is 0. The minimum absolute atomic E-state index is 0. The van der Waals surface area contributed by atoms with Crippen LogP contribution in [0, 0.1) is 0 Å². The molecule has 1 aliphatic heterocycles. The van der Waals surface area contributed by atoms with Gasteiger partial charge < -0.3 is 21.6 Å². The average molecular weight is 320 g/mol. The van der Waals surface area contributed by atoms with E-state index >= 15 is 0 Å². The van der Waals surface area contributed by atoms with Crippen LogP contribution in [0.3, 0.4) is 0 Å². The number of halogens is 1. The van der Waals surface area contributed by atoms with Gasteiger partial charge in [-0.05, 0) is 12.8 Å².